The summed E-state index contributed by atoms with van der Waals surface area (Å²) in [5, 5.41) is 0. The standard InChI is InChI=1S/C24H31NO4S/c1-4-14-29-23-8-6-5-7-22(23)24(26)25(21-13-15-30(27,28)17-21)16-19-9-11-20(12-10-19)18(2)3/h5-12,18,21H,4,13-17H2,1-3H3/t21-/m1/s1. The van der Waals surface area contributed by atoms with Gasteiger partial charge in [0.2, 0.25) is 0 Å². The van der Waals surface area contributed by atoms with Gasteiger partial charge in [-0.1, -0.05) is 57.2 Å². The van der Waals surface area contributed by atoms with Crippen molar-refractivity contribution in [1.29, 1.82) is 0 Å². The van der Waals surface area contributed by atoms with E-state index < -0.39 is 9.84 Å². The Morgan fingerprint density at radius 1 is 1.13 bits per heavy atom. The van der Waals surface area contributed by atoms with E-state index in [2.05, 4.69) is 26.0 Å². The van der Waals surface area contributed by atoms with Crippen molar-refractivity contribution in [2.24, 2.45) is 0 Å². The summed E-state index contributed by atoms with van der Waals surface area (Å²) in [7, 11) is -3.12. The smallest absolute Gasteiger partial charge is 0.258 e. The third-order valence-electron chi connectivity index (χ3n) is 5.49. The van der Waals surface area contributed by atoms with Crippen molar-refractivity contribution < 1.29 is 17.9 Å². The highest BCUT2D eigenvalue weighted by Crippen LogP contribution is 2.27. The highest BCUT2D eigenvalue weighted by Gasteiger charge is 2.35. The van der Waals surface area contributed by atoms with Gasteiger partial charge in [-0.2, -0.15) is 0 Å². The molecule has 2 aromatic carbocycles. The summed E-state index contributed by atoms with van der Waals surface area (Å²) in [4.78, 5) is 15.3. The fraction of sp³-hybridized carbons (Fsp3) is 0.458. The quantitative estimate of drug-likeness (QED) is 0.623. The maximum absolute atomic E-state index is 13.6. The molecule has 0 spiro atoms. The lowest BCUT2D eigenvalue weighted by molar-refractivity contribution is 0.0676. The van der Waals surface area contributed by atoms with Gasteiger partial charge in [-0.15, -0.1) is 0 Å². The maximum atomic E-state index is 13.6. The molecule has 1 saturated heterocycles. The largest absolute Gasteiger partial charge is 0.493 e. The number of hydrogen-bond acceptors (Lipinski definition) is 4. The molecule has 162 valence electrons. The molecule has 1 amide bonds. The fourth-order valence-electron chi connectivity index (χ4n) is 3.73. The van der Waals surface area contributed by atoms with Gasteiger partial charge in [0.25, 0.3) is 5.91 Å². The van der Waals surface area contributed by atoms with E-state index in [-0.39, 0.29) is 23.5 Å². The number of amides is 1. The van der Waals surface area contributed by atoms with Crippen molar-refractivity contribution in [2.75, 3.05) is 18.1 Å². The Labute approximate surface area is 180 Å². The molecule has 6 heteroatoms. The summed E-state index contributed by atoms with van der Waals surface area (Å²) < 4.78 is 30.0. The number of ether oxygens (including phenoxy) is 1. The van der Waals surface area contributed by atoms with Gasteiger partial charge < -0.3 is 9.64 Å². The summed E-state index contributed by atoms with van der Waals surface area (Å²) in [6, 6.07) is 15.1. The maximum Gasteiger partial charge on any atom is 0.258 e. The lowest BCUT2D eigenvalue weighted by atomic mass is 10.0. The molecule has 0 N–H and O–H groups in total. The molecule has 1 aliphatic rings. The molecule has 1 fully saturated rings. The van der Waals surface area contributed by atoms with E-state index in [0.717, 1.165) is 12.0 Å². The minimum atomic E-state index is -3.12. The zero-order valence-electron chi connectivity index (χ0n) is 18.0. The lowest BCUT2D eigenvalue weighted by Gasteiger charge is -2.29. The highest BCUT2D eigenvalue weighted by atomic mass is 32.2. The molecule has 0 radical (unpaired) electrons. The van der Waals surface area contributed by atoms with Crippen LogP contribution in [-0.2, 0) is 16.4 Å². The number of hydrogen-bond donors (Lipinski definition) is 0. The molecule has 30 heavy (non-hydrogen) atoms. The third kappa shape index (κ3) is 5.42. The number of sulfone groups is 1. The van der Waals surface area contributed by atoms with Gasteiger partial charge in [-0.05, 0) is 42.0 Å². The normalized spacial score (nSPS) is 17.8. The molecule has 5 nitrogen and oxygen atoms in total. The second-order valence-electron chi connectivity index (χ2n) is 8.23. The third-order valence-corrected chi connectivity index (χ3v) is 7.24. The van der Waals surface area contributed by atoms with E-state index in [9.17, 15) is 13.2 Å². The Morgan fingerprint density at radius 3 is 2.43 bits per heavy atom. The van der Waals surface area contributed by atoms with Crippen LogP contribution in [0.3, 0.4) is 0 Å². The van der Waals surface area contributed by atoms with Crippen molar-refractivity contribution >= 4 is 15.7 Å². The first-order valence-corrected chi connectivity index (χ1v) is 12.4. The Morgan fingerprint density at radius 2 is 1.83 bits per heavy atom. The second-order valence-corrected chi connectivity index (χ2v) is 10.5. The van der Waals surface area contributed by atoms with Gasteiger partial charge in [0.05, 0.1) is 23.7 Å². The lowest BCUT2D eigenvalue weighted by Crippen LogP contribution is -2.40. The number of benzene rings is 2. The van der Waals surface area contributed by atoms with Crippen LogP contribution in [0.25, 0.3) is 0 Å². The topological polar surface area (TPSA) is 63.7 Å². The molecule has 0 aliphatic carbocycles. The van der Waals surface area contributed by atoms with E-state index >= 15 is 0 Å². The van der Waals surface area contributed by atoms with Crippen molar-refractivity contribution in [1.82, 2.24) is 4.90 Å². The molecule has 0 saturated carbocycles. The van der Waals surface area contributed by atoms with Crippen molar-refractivity contribution in [2.45, 2.75) is 52.1 Å². The van der Waals surface area contributed by atoms with Crippen molar-refractivity contribution in [3.8, 4) is 5.75 Å². The summed E-state index contributed by atoms with van der Waals surface area (Å²) in [5.74, 6) is 0.934. The first-order valence-electron chi connectivity index (χ1n) is 10.6. The molecular formula is C24H31NO4S. The predicted octanol–water partition coefficient (Wildman–Crippen LogP) is 4.43. The van der Waals surface area contributed by atoms with Crippen molar-refractivity contribution in [3.05, 3.63) is 65.2 Å². The van der Waals surface area contributed by atoms with Crippen LogP contribution in [0, 0.1) is 0 Å². The number of rotatable bonds is 8. The summed E-state index contributed by atoms with van der Waals surface area (Å²) >= 11 is 0. The van der Waals surface area contributed by atoms with Crippen LogP contribution in [0.15, 0.2) is 48.5 Å². The molecule has 1 atom stereocenters. The van der Waals surface area contributed by atoms with E-state index in [1.54, 1.807) is 17.0 Å². The summed E-state index contributed by atoms with van der Waals surface area (Å²) in [5.41, 5.74) is 2.71. The zero-order chi connectivity index (χ0) is 21.7. The number of para-hydroxylation sites is 1. The minimum absolute atomic E-state index is 0.0147. The van der Waals surface area contributed by atoms with E-state index in [4.69, 9.17) is 4.74 Å². The molecular weight excluding hydrogens is 398 g/mol. The Balaban J connectivity index is 1.91. The van der Waals surface area contributed by atoms with Gasteiger partial charge in [-0.3, -0.25) is 4.79 Å². The second kappa shape index (κ2) is 9.65. The van der Waals surface area contributed by atoms with E-state index in [0.29, 0.717) is 36.8 Å². The van der Waals surface area contributed by atoms with Crippen LogP contribution in [0.5, 0.6) is 5.75 Å². The number of nitrogens with zero attached hydrogens (tertiary/aromatic N) is 1. The first-order chi connectivity index (χ1) is 14.3. The first kappa shape index (κ1) is 22.3. The average Bonchev–Trinajstić information content (AvgIpc) is 3.10. The average molecular weight is 430 g/mol. The summed E-state index contributed by atoms with van der Waals surface area (Å²) in [6.45, 7) is 7.20. The molecule has 1 aliphatic heterocycles. The van der Waals surface area contributed by atoms with Gasteiger partial charge in [0.1, 0.15) is 5.75 Å². The van der Waals surface area contributed by atoms with Crippen molar-refractivity contribution in [3.63, 3.8) is 0 Å². The Hall–Kier alpha value is -2.34. The summed E-state index contributed by atoms with van der Waals surface area (Å²) in [6.07, 6.45) is 1.31. The SMILES string of the molecule is CCCOc1ccccc1C(=O)N(Cc1ccc(C(C)C)cc1)[C@@H]1CCS(=O)(=O)C1. The number of carbonyl (C=O) groups is 1. The van der Waals surface area contributed by atoms with E-state index in [1.165, 1.54) is 5.56 Å². The molecule has 1 heterocycles. The highest BCUT2D eigenvalue weighted by molar-refractivity contribution is 7.91. The predicted molar refractivity (Wildman–Crippen MR) is 120 cm³/mol. The van der Waals surface area contributed by atoms with Gasteiger partial charge >= 0.3 is 0 Å². The Kier molecular flexibility index (Phi) is 7.19. The fourth-order valence-corrected chi connectivity index (χ4v) is 5.46. The van der Waals surface area contributed by atoms with Gasteiger partial charge in [0, 0.05) is 12.6 Å². The van der Waals surface area contributed by atoms with Crippen LogP contribution in [0.4, 0.5) is 0 Å². The monoisotopic (exact) mass is 429 g/mol. The Bertz CT molecular complexity index is 967. The van der Waals surface area contributed by atoms with Crippen LogP contribution < -0.4 is 4.74 Å². The minimum Gasteiger partial charge on any atom is -0.493 e. The van der Waals surface area contributed by atoms with Gasteiger partial charge in [-0.25, -0.2) is 8.42 Å². The van der Waals surface area contributed by atoms with Crippen LogP contribution in [0.2, 0.25) is 0 Å². The van der Waals surface area contributed by atoms with Crippen LogP contribution in [-0.4, -0.2) is 43.4 Å². The molecule has 0 bridgehead atoms. The molecule has 0 unspecified atom stereocenters. The number of carbonyl (C=O) groups excluding carboxylic acids is 1. The van der Waals surface area contributed by atoms with Gasteiger partial charge in [0.15, 0.2) is 9.84 Å². The molecule has 3 rings (SSSR count). The molecule has 2 aromatic rings. The van der Waals surface area contributed by atoms with E-state index in [1.807, 2.05) is 31.2 Å². The zero-order valence-corrected chi connectivity index (χ0v) is 18.8. The van der Waals surface area contributed by atoms with Crippen LogP contribution in [0.1, 0.15) is 61.0 Å². The van der Waals surface area contributed by atoms with Crippen LogP contribution >= 0.6 is 0 Å². The molecule has 0 aromatic heterocycles.